The third-order valence-electron chi connectivity index (χ3n) is 1.69. The predicted octanol–water partition coefficient (Wildman–Crippen LogP) is 4.12. The summed E-state index contributed by atoms with van der Waals surface area (Å²) < 4.78 is 0.895. The Hall–Kier alpha value is -0.430. The Balaban J connectivity index is 2.53. The van der Waals surface area contributed by atoms with Crippen LogP contribution in [-0.4, -0.2) is 10.9 Å². The van der Waals surface area contributed by atoms with Crippen molar-refractivity contribution in [3.8, 4) is 11.8 Å². The van der Waals surface area contributed by atoms with Gasteiger partial charge in [-0.2, -0.15) is 0 Å². The van der Waals surface area contributed by atoms with Crippen LogP contribution in [-0.2, 0) is 4.79 Å². The number of rotatable bonds is 2. The SMILES string of the molecule is CC(=O)SCCC#Cc1ccc(Cl)cc1Br. The van der Waals surface area contributed by atoms with Crippen LogP contribution in [0.1, 0.15) is 18.9 Å². The molecule has 0 aliphatic carbocycles. The molecule has 0 amide bonds. The number of benzene rings is 1. The fraction of sp³-hybridized carbons (Fsp3) is 0.250. The van der Waals surface area contributed by atoms with Gasteiger partial charge in [0.15, 0.2) is 5.12 Å². The zero-order valence-corrected chi connectivity index (χ0v) is 11.9. The minimum absolute atomic E-state index is 0.134. The first-order chi connectivity index (χ1) is 7.59. The van der Waals surface area contributed by atoms with Gasteiger partial charge in [0, 0.05) is 34.2 Å². The number of hydrogen-bond donors (Lipinski definition) is 0. The Kier molecular flexibility index (Phi) is 5.97. The first-order valence-electron chi connectivity index (χ1n) is 4.67. The smallest absolute Gasteiger partial charge is 0.185 e. The molecular weight excluding hydrogens is 308 g/mol. The second-order valence-electron chi connectivity index (χ2n) is 3.02. The van der Waals surface area contributed by atoms with Crippen LogP contribution in [0.4, 0.5) is 0 Å². The molecule has 0 fully saturated rings. The summed E-state index contributed by atoms with van der Waals surface area (Å²) in [4.78, 5) is 10.7. The molecule has 84 valence electrons. The van der Waals surface area contributed by atoms with Crippen LogP contribution in [0.2, 0.25) is 5.02 Å². The van der Waals surface area contributed by atoms with E-state index in [4.69, 9.17) is 11.6 Å². The monoisotopic (exact) mass is 316 g/mol. The third-order valence-corrected chi connectivity index (χ3v) is 3.39. The van der Waals surface area contributed by atoms with Crippen molar-refractivity contribution in [2.24, 2.45) is 0 Å². The molecule has 0 saturated heterocycles. The fourth-order valence-corrected chi connectivity index (χ4v) is 2.27. The number of carbonyl (C=O) groups is 1. The average molecular weight is 318 g/mol. The molecule has 0 atom stereocenters. The molecule has 0 aliphatic rings. The number of thioether (sulfide) groups is 1. The van der Waals surface area contributed by atoms with E-state index in [1.807, 2.05) is 12.1 Å². The second-order valence-corrected chi connectivity index (χ2v) is 5.58. The summed E-state index contributed by atoms with van der Waals surface area (Å²) in [5.41, 5.74) is 0.914. The lowest BCUT2D eigenvalue weighted by Gasteiger charge is -1.96. The van der Waals surface area contributed by atoms with E-state index in [0.717, 1.165) is 15.8 Å². The van der Waals surface area contributed by atoms with Crippen LogP contribution >= 0.6 is 39.3 Å². The zero-order chi connectivity index (χ0) is 12.0. The molecule has 4 heteroatoms. The van der Waals surface area contributed by atoms with E-state index in [1.54, 1.807) is 13.0 Å². The van der Waals surface area contributed by atoms with Gasteiger partial charge in [-0.05, 0) is 34.1 Å². The van der Waals surface area contributed by atoms with E-state index in [1.165, 1.54) is 11.8 Å². The largest absolute Gasteiger partial charge is 0.288 e. The molecule has 0 unspecified atom stereocenters. The average Bonchev–Trinajstić information content (AvgIpc) is 2.20. The van der Waals surface area contributed by atoms with E-state index in [-0.39, 0.29) is 5.12 Å². The minimum atomic E-state index is 0.134. The first kappa shape index (κ1) is 13.6. The van der Waals surface area contributed by atoms with Gasteiger partial charge in [0.05, 0.1) is 0 Å². The summed E-state index contributed by atoms with van der Waals surface area (Å²) >= 11 is 10.5. The molecule has 0 N–H and O–H groups in total. The van der Waals surface area contributed by atoms with Crippen molar-refractivity contribution in [1.82, 2.24) is 0 Å². The van der Waals surface area contributed by atoms with Gasteiger partial charge in [0.2, 0.25) is 0 Å². The molecule has 0 aliphatic heterocycles. The lowest BCUT2D eigenvalue weighted by Crippen LogP contribution is -1.84. The summed E-state index contributed by atoms with van der Waals surface area (Å²) in [6.45, 7) is 1.56. The highest BCUT2D eigenvalue weighted by Crippen LogP contribution is 2.20. The number of hydrogen-bond acceptors (Lipinski definition) is 2. The van der Waals surface area contributed by atoms with Crippen molar-refractivity contribution in [1.29, 1.82) is 0 Å². The van der Waals surface area contributed by atoms with Gasteiger partial charge in [-0.3, -0.25) is 4.79 Å². The van der Waals surface area contributed by atoms with Crippen molar-refractivity contribution in [3.05, 3.63) is 33.3 Å². The van der Waals surface area contributed by atoms with Crippen LogP contribution in [0, 0.1) is 11.8 Å². The number of halogens is 2. The highest BCUT2D eigenvalue weighted by molar-refractivity contribution is 9.10. The van der Waals surface area contributed by atoms with E-state index in [0.29, 0.717) is 11.4 Å². The van der Waals surface area contributed by atoms with E-state index < -0.39 is 0 Å². The lowest BCUT2D eigenvalue weighted by molar-refractivity contribution is -0.109. The van der Waals surface area contributed by atoms with E-state index >= 15 is 0 Å². The van der Waals surface area contributed by atoms with E-state index in [2.05, 4.69) is 27.8 Å². The maximum atomic E-state index is 10.7. The van der Waals surface area contributed by atoms with Crippen LogP contribution in [0.5, 0.6) is 0 Å². The molecule has 1 nitrogen and oxygen atoms in total. The van der Waals surface area contributed by atoms with Gasteiger partial charge < -0.3 is 0 Å². The number of carbonyl (C=O) groups excluding carboxylic acids is 1. The van der Waals surface area contributed by atoms with Gasteiger partial charge in [-0.15, -0.1) is 0 Å². The predicted molar refractivity (Wildman–Crippen MR) is 73.8 cm³/mol. The standard InChI is InChI=1S/C12H10BrClOS/c1-9(15)16-7-3-2-4-10-5-6-11(14)8-12(10)13/h5-6,8H,3,7H2,1H3. The summed E-state index contributed by atoms with van der Waals surface area (Å²) in [6, 6.07) is 5.49. The molecule has 0 bridgehead atoms. The molecule has 1 rings (SSSR count). The highest BCUT2D eigenvalue weighted by atomic mass is 79.9. The molecule has 0 radical (unpaired) electrons. The summed E-state index contributed by atoms with van der Waals surface area (Å²) in [6.07, 6.45) is 0.708. The van der Waals surface area contributed by atoms with Crippen LogP contribution in [0.15, 0.2) is 22.7 Å². The van der Waals surface area contributed by atoms with Crippen LogP contribution < -0.4 is 0 Å². The van der Waals surface area contributed by atoms with Gasteiger partial charge in [0.1, 0.15) is 0 Å². The Morgan fingerprint density at radius 3 is 2.94 bits per heavy atom. The van der Waals surface area contributed by atoms with Crippen LogP contribution in [0.25, 0.3) is 0 Å². The maximum Gasteiger partial charge on any atom is 0.185 e. The second kappa shape index (κ2) is 7.01. The Morgan fingerprint density at radius 1 is 1.56 bits per heavy atom. The first-order valence-corrected chi connectivity index (χ1v) is 6.82. The molecule has 0 aromatic heterocycles. The Bertz CT molecular complexity index is 448. The lowest BCUT2D eigenvalue weighted by atomic mass is 10.2. The Labute approximate surface area is 113 Å². The van der Waals surface area contributed by atoms with Gasteiger partial charge in [-0.1, -0.05) is 35.2 Å². The summed E-state index contributed by atoms with van der Waals surface area (Å²) in [7, 11) is 0. The minimum Gasteiger partial charge on any atom is -0.288 e. The van der Waals surface area contributed by atoms with Crippen LogP contribution in [0.3, 0.4) is 0 Å². The molecule has 1 aromatic carbocycles. The van der Waals surface area contributed by atoms with Gasteiger partial charge >= 0.3 is 0 Å². The summed E-state index contributed by atoms with van der Waals surface area (Å²) in [5.74, 6) is 6.80. The Morgan fingerprint density at radius 2 is 2.31 bits per heavy atom. The zero-order valence-electron chi connectivity index (χ0n) is 8.72. The van der Waals surface area contributed by atoms with Gasteiger partial charge in [-0.25, -0.2) is 0 Å². The molecule has 1 aromatic rings. The topological polar surface area (TPSA) is 17.1 Å². The molecular formula is C12H10BrClOS. The maximum absolute atomic E-state index is 10.7. The quantitative estimate of drug-likeness (QED) is 0.603. The van der Waals surface area contributed by atoms with Crippen molar-refractivity contribution in [3.63, 3.8) is 0 Å². The van der Waals surface area contributed by atoms with Gasteiger partial charge in [0.25, 0.3) is 0 Å². The third kappa shape index (κ3) is 5.07. The normalized spacial score (nSPS) is 9.44. The van der Waals surface area contributed by atoms with Crippen molar-refractivity contribution in [2.45, 2.75) is 13.3 Å². The molecule has 0 spiro atoms. The highest BCUT2D eigenvalue weighted by Gasteiger charge is 1.96. The fourth-order valence-electron chi connectivity index (χ4n) is 0.994. The molecule has 16 heavy (non-hydrogen) atoms. The van der Waals surface area contributed by atoms with E-state index in [9.17, 15) is 4.79 Å². The molecule has 0 saturated carbocycles. The molecule has 0 heterocycles. The summed E-state index contributed by atoms with van der Waals surface area (Å²) in [5, 5.41) is 0.819. The van der Waals surface area contributed by atoms with Crippen molar-refractivity contribution in [2.75, 3.05) is 5.75 Å². The van der Waals surface area contributed by atoms with Crippen molar-refractivity contribution < 1.29 is 4.79 Å². The van der Waals surface area contributed by atoms with Crippen molar-refractivity contribution >= 4 is 44.4 Å².